The molecule has 0 aliphatic heterocycles. The van der Waals surface area contributed by atoms with E-state index in [0.717, 1.165) is 17.9 Å². The molecule has 1 aromatic carbocycles. The van der Waals surface area contributed by atoms with Gasteiger partial charge in [-0.15, -0.1) is 0 Å². The molecule has 1 rings (SSSR count). The molecule has 0 heterocycles. The van der Waals surface area contributed by atoms with Crippen molar-refractivity contribution >= 4 is 23.1 Å². The third-order valence-electron chi connectivity index (χ3n) is 2.23. The van der Waals surface area contributed by atoms with Crippen molar-refractivity contribution in [2.45, 2.75) is 19.9 Å². The van der Waals surface area contributed by atoms with Crippen LogP contribution in [-0.4, -0.2) is 22.5 Å². The number of nitrogens with zero attached hydrogens (tertiary/aromatic N) is 1. The van der Waals surface area contributed by atoms with Gasteiger partial charge in [-0.25, -0.2) is 8.78 Å². The van der Waals surface area contributed by atoms with E-state index in [0.29, 0.717) is 5.75 Å². The standard InChI is InChI=1S/C11H14F2N2O2S/c1-3-18-6-7(2)14-11-9(15(16)17)5-4-8(12)10(11)13/h4-5,7,14H,3,6H2,1-2H3. The molecule has 7 heteroatoms. The molecule has 1 N–H and O–H groups in total. The number of nitrogens with one attached hydrogen (secondary N) is 1. The summed E-state index contributed by atoms with van der Waals surface area (Å²) in [4.78, 5) is 10.0. The van der Waals surface area contributed by atoms with Crippen LogP contribution in [0.1, 0.15) is 13.8 Å². The number of anilines is 1. The topological polar surface area (TPSA) is 55.2 Å². The second kappa shape index (κ2) is 6.53. The Hall–Kier alpha value is -1.37. The Balaban J connectivity index is 2.98. The highest BCUT2D eigenvalue weighted by Crippen LogP contribution is 2.29. The predicted octanol–water partition coefficient (Wildman–Crippen LogP) is 3.43. The fraction of sp³-hybridized carbons (Fsp3) is 0.455. The van der Waals surface area contributed by atoms with Crippen LogP contribution < -0.4 is 5.32 Å². The van der Waals surface area contributed by atoms with Crippen LogP contribution >= 0.6 is 11.8 Å². The molecule has 1 unspecified atom stereocenters. The average molecular weight is 276 g/mol. The summed E-state index contributed by atoms with van der Waals surface area (Å²) >= 11 is 1.61. The van der Waals surface area contributed by atoms with Crippen molar-refractivity contribution in [2.75, 3.05) is 16.8 Å². The molecular weight excluding hydrogens is 262 g/mol. The van der Waals surface area contributed by atoms with Crippen molar-refractivity contribution in [3.05, 3.63) is 33.9 Å². The Labute approximate surface area is 108 Å². The van der Waals surface area contributed by atoms with E-state index in [1.165, 1.54) is 0 Å². The second-order valence-electron chi connectivity index (χ2n) is 3.72. The van der Waals surface area contributed by atoms with E-state index < -0.39 is 22.2 Å². The first-order valence-corrected chi connectivity index (χ1v) is 6.59. The molecule has 0 fully saturated rings. The highest BCUT2D eigenvalue weighted by molar-refractivity contribution is 7.99. The Morgan fingerprint density at radius 2 is 2.17 bits per heavy atom. The fourth-order valence-electron chi connectivity index (χ4n) is 1.41. The minimum Gasteiger partial charge on any atom is -0.374 e. The SMILES string of the molecule is CCSCC(C)Nc1c([N+](=O)[O-])ccc(F)c1F. The van der Waals surface area contributed by atoms with Crippen LogP contribution in [0.15, 0.2) is 12.1 Å². The van der Waals surface area contributed by atoms with Gasteiger partial charge in [-0.2, -0.15) is 11.8 Å². The van der Waals surface area contributed by atoms with Gasteiger partial charge >= 0.3 is 0 Å². The van der Waals surface area contributed by atoms with E-state index in [1.807, 2.05) is 6.92 Å². The molecule has 4 nitrogen and oxygen atoms in total. The smallest absolute Gasteiger partial charge is 0.295 e. The number of rotatable bonds is 6. The summed E-state index contributed by atoms with van der Waals surface area (Å²) in [6, 6.07) is 1.52. The van der Waals surface area contributed by atoms with Gasteiger partial charge in [0.25, 0.3) is 5.69 Å². The van der Waals surface area contributed by atoms with Crippen LogP contribution in [-0.2, 0) is 0 Å². The van der Waals surface area contributed by atoms with E-state index in [-0.39, 0.29) is 11.7 Å². The molecule has 0 spiro atoms. The van der Waals surface area contributed by atoms with Gasteiger partial charge in [-0.05, 0) is 18.7 Å². The molecule has 0 amide bonds. The van der Waals surface area contributed by atoms with Gasteiger partial charge in [0.2, 0.25) is 0 Å². The normalized spacial score (nSPS) is 12.2. The zero-order valence-electron chi connectivity index (χ0n) is 10.1. The lowest BCUT2D eigenvalue weighted by Gasteiger charge is -2.15. The highest BCUT2D eigenvalue weighted by atomic mass is 32.2. The largest absolute Gasteiger partial charge is 0.374 e. The van der Waals surface area contributed by atoms with Crippen LogP contribution in [0.4, 0.5) is 20.2 Å². The van der Waals surface area contributed by atoms with Crippen molar-refractivity contribution in [1.82, 2.24) is 0 Å². The molecule has 0 saturated carbocycles. The van der Waals surface area contributed by atoms with Gasteiger partial charge in [-0.1, -0.05) is 6.92 Å². The van der Waals surface area contributed by atoms with Gasteiger partial charge in [0, 0.05) is 17.9 Å². The maximum atomic E-state index is 13.6. The molecule has 1 atom stereocenters. The van der Waals surface area contributed by atoms with E-state index in [2.05, 4.69) is 5.32 Å². The molecule has 0 radical (unpaired) electrons. The zero-order chi connectivity index (χ0) is 13.7. The van der Waals surface area contributed by atoms with E-state index >= 15 is 0 Å². The Bertz CT molecular complexity index is 443. The van der Waals surface area contributed by atoms with Gasteiger partial charge in [0.05, 0.1) is 4.92 Å². The Kier molecular flexibility index (Phi) is 5.33. The average Bonchev–Trinajstić information content (AvgIpc) is 2.32. The molecule has 0 aliphatic carbocycles. The molecule has 1 aromatic rings. The van der Waals surface area contributed by atoms with Gasteiger partial charge < -0.3 is 5.32 Å². The predicted molar refractivity (Wildman–Crippen MR) is 69.1 cm³/mol. The monoisotopic (exact) mass is 276 g/mol. The summed E-state index contributed by atoms with van der Waals surface area (Å²) < 4.78 is 26.6. The summed E-state index contributed by atoms with van der Waals surface area (Å²) in [5, 5.41) is 13.4. The van der Waals surface area contributed by atoms with Gasteiger partial charge in [-0.3, -0.25) is 10.1 Å². The van der Waals surface area contributed by atoms with Gasteiger partial charge in [0.1, 0.15) is 0 Å². The molecular formula is C11H14F2N2O2S. The van der Waals surface area contributed by atoms with E-state index in [1.54, 1.807) is 18.7 Å². The first-order valence-electron chi connectivity index (χ1n) is 5.44. The first-order chi connectivity index (χ1) is 8.47. The van der Waals surface area contributed by atoms with Crippen LogP contribution in [0.25, 0.3) is 0 Å². The first kappa shape index (κ1) is 14.7. The summed E-state index contributed by atoms with van der Waals surface area (Å²) in [7, 11) is 0. The maximum Gasteiger partial charge on any atom is 0.295 e. The summed E-state index contributed by atoms with van der Waals surface area (Å²) in [5.74, 6) is -0.764. The van der Waals surface area contributed by atoms with E-state index in [4.69, 9.17) is 0 Å². The molecule has 0 bridgehead atoms. The number of benzene rings is 1. The lowest BCUT2D eigenvalue weighted by atomic mass is 10.2. The molecule has 100 valence electrons. The summed E-state index contributed by atoms with van der Waals surface area (Å²) in [6.07, 6.45) is 0. The lowest BCUT2D eigenvalue weighted by molar-refractivity contribution is -0.384. The third kappa shape index (κ3) is 3.56. The van der Waals surface area contributed by atoms with Crippen molar-refractivity contribution in [2.24, 2.45) is 0 Å². The van der Waals surface area contributed by atoms with Crippen LogP contribution in [0.2, 0.25) is 0 Å². The van der Waals surface area contributed by atoms with Crippen LogP contribution in [0.3, 0.4) is 0 Å². The zero-order valence-corrected chi connectivity index (χ0v) is 10.9. The quantitative estimate of drug-likeness (QED) is 0.639. The molecule has 18 heavy (non-hydrogen) atoms. The Morgan fingerprint density at radius 1 is 1.50 bits per heavy atom. The molecule has 0 saturated heterocycles. The number of nitro groups is 1. The number of hydrogen-bond donors (Lipinski definition) is 1. The second-order valence-corrected chi connectivity index (χ2v) is 5.04. The van der Waals surface area contributed by atoms with E-state index in [9.17, 15) is 18.9 Å². The number of hydrogen-bond acceptors (Lipinski definition) is 4. The lowest BCUT2D eigenvalue weighted by Crippen LogP contribution is -2.20. The number of thioether (sulfide) groups is 1. The van der Waals surface area contributed by atoms with Crippen LogP contribution in [0, 0.1) is 21.7 Å². The summed E-state index contributed by atoms with van der Waals surface area (Å²) in [6.45, 7) is 3.74. The van der Waals surface area contributed by atoms with Gasteiger partial charge in [0.15, 0.2) is 17.3 Å². The minimum absolute atomic E-state index is 0.190. The van der Waals surface area contributed by atoms with Crippen LogP contribution in [0.5, 0.6) is 0 Å². The minimum atomic E-state index is -1.21. The number of nitro benzene ring substituents is 1. The van der Waals surface area contributed by atoms with Crippen molar-refractivity contribution < 1.29 is 13.7 Å². The maximum absolute atomic E-state index is 13.6. The van der Waals surface area contributed by atoms with Crippen molar-refractivity contribution in [3.8, 4) is 0 Å². The summed E-state index contributed by atoms with van der Waals surface area (Å²) in [5.41, 5.74) is -0.841. The fourth-order valence-corrected chi connectivity index (χ4v) is 2.09. The highest BCUT2D eigenvalue weighted by Gasteiger charge is 2.22. The number of halogens is 2. The van der Waals surface area contributed by atoms with Crippen molar-refractivity contribution in [3.63, 3.8) is 0 Å². The Morgan fingerprint density at radius 3 is 2.72 bits per heavy atom. The van der Waals surface area contributed by atoms with Crippen molar-refractivity contribution in [1.29, 1.82) is 0 Å². The molecule has 0 aromatic heterocycles. The molecule has 0 aliphatic rings. The third-order valence-corrected chi connectivity index (χ3v) is 3.38.